The highest BCUT2D eigenvalue weighted by molar-refractivity contribution is 5.68. The minimum Gasteiger partial charge on any atom is -0.206 e. The fraction of sp³-hybridized carbons (Fsp3) is 0.0769. The minimum atomic E-state index is -2.77. The summed E-state index contributed by atoms with van der Waals surface area (Å²) in [4.78, 5) is 0. The molecule has 17 heavy (non-hydrogen) atoms. The van der Waals surface area contributed by atoms with Crippen molar-refractivity contribution in [3.8, 4) is 11.1 Å². The first-order valence-electron chi connectivity index (χ1n) is 4.92. The first kappa shape index (κ1) is 11.6. The molecule has 0 fully saturated rings. The van der Waals surface area contributed by atoms with Crippen LogP contribution >= 0.6 is 0 Å². The van der Waals surface area contributed by atoms with Crippen molar-refractivity contribution >= 4 is 0 Å². The van der Waals surface area contributed by atoms with Gasteiger partial charge in [-0.25, -0.2) is 17.6 Å². The molecule has 2 aromatic rings. The molecule has 0 aliphatic carbocycles. The maximum absolute atomic E-state index is 13.5. The van der Waals surface area contributed by atoms with Gasteiger partial charge in [-0.2, -0.15) is 0 Å². The van der Waals surface area contributed by atoms with Gasteiger partial charge in [0.25, 0.3) is 6.43 Å². The Morgan fingerprint density at radius 1 is 0.765 bits per heavy atom. The van der Waals surface area contributed by atoms with Crippen LogP contribution in [0.4, 0.5) is 17.6 Å². The molecular weight excluding hydrogens is 232 g/mol. The Morgan fingerprint density at radius 3 is 1.94 bits per heavy atom. The highest BCUT2D eigenvalue weighted by atomic mass is 19.3. The molecule has 0 unspecified atom stereocenters. The molecule has 0 radical (unpaired) electrons. The number of halogens is 4. The first-order chi connectivity index (χ1) is 8.11. The normalized spacial score (nSPS) is 10.9. The number of alkyl halides is 2. The second-order valence-corrected chi connectivity index (χ2v) is 3.48. The van der Waals surface area contributed by atoms with Crippen molar-refractivity contribution in [3.63, 3.8) is 0 Å². The van der Waals surface area contributed by atoms with Gasteiger partial charge in [-0.1, -0.05) is 30.3 Å². The van der Waals surface area contributed by atoms with Crippen LogP contribution in [0.15, 0.2) is 42.5 Å². The molecule has 0 saturated carbocycles. The summed E-state index contributed by atoms with van der Waals surface area (Å²) >= 11 is 0. The molecule has 4 heteroatoms. The van der Waals surface area contributed by atoms with Crippen LogP contribution < -0.4 is 0 Å². The van der Waals surface area contributed by atoms with E-state index in [9.17, 15) is 17.6 Å². The number of rotatable bonds is 2. The van der Waals surface area contributed by atoms with Crippen LogP contribution in [0.2, 0.25) is 0 Å². The van der Waals surface area contributed by atoms with Crippen molar-refractivity contribution in [2.24, 2.45) is 0 Å². The molecule has 0 saturated heterocycles. The lowest BCUT2D eigenvalue weighted by Crippen LogP contribution is -1.95. The van der Waals surface area contributed by atoms with E-state index in [1.165, 1.54) is 24.3 Å². The fourth-order valence-electron chi connectivity index (χ4n) is 1.67. The molecule has 88 valence electrons. The molecular formula is C13H8F4. The molecule has 0 amide bonds. The Kier molecular flexibility index (Phi) is 3.13. The smallest absolute Gasteiger partial charge is 0.206 e. The second kappa shape index (κ2) is 4.57. The Balaban J connectivity index is 2.69. The Bertz CT molecular complexity index is 514. The fourth-order valence-corrected chi connectivity index (χ4v) is 1.67. The third-order valence-electron chi connectivity index (χ3n) is 2.43. The predicted molar refractivity (Wildman–Crippen MR) is 56.8 cm³/mol. The lowest BCUT2D eigenvalue weighted by molar-refractivity contribution is 0.152. The van der Waals surface area contributed by atoms with Gasteiger partial charge < -0.3 is 0 Å². The molecule has 2 aromatic carbocycles. The van der Waals surface area contributed by atoms with Crippen LogP contribution in [0.1, 0.15) is 12.0 Å². The van der Waals surface area contributed by atoms with Crippen LogP contribution in [0.3, 0.4) is 0 Å². The molecule has 0 aliphatic rings. The van der Waals surface area contributed by atoms with Crippen LogP contribution in [-0.2, 0) is 0 Å². The Hall–Kier alpha value is -1.84. The summed E-state index contributed by atoms with van der Waals surface area (Å²) in [5.74, 6) is -1.70. The van der Waals surface area contributed by atoms with Crippen molar-refractivity contribution < 1.29 is 17.6 Å². The van der Waals surface area contributed by atoms with Gasteiger partial charge in [0, 0.05) is 5.56 Å². The molecule has 2 rings (SSSR count). The van der Waals surface area contributed by atoms with Crippen molar-refractivity contribution in [3.05, 3.63) is 59.7 Å². The van der Waals surface area contributed by atoms with Crippen molar-refractivity contribution in [2.75, 3.05) is 0 Å². The SMILES string of the molecule is Fc1cccc(F)c1-c1ccccc1C(F)F. The maximum atomic E-state index is 13.5. The van der Waals surface area contributed by atoms with Gasteiger partial charge in [0.15, 0.2) is 0 Å². The number of benzene rings is 2. The molecule has 0 heterocycles. The third-order valence-corrected chi connectivity index (χ3v) is 2.43. The highest BCUT2D eigenvalue weighted by Crippen LogP contribution is 2.33. The van der Waals surface area contributed by atoms with E-state index in [1.54, 1.807) is 0 Å². The average Bonchev–Trinajstić information content (AvgIpc) is 2.29. The number of hydrogen-bond donors (Lipinski definition) is 0. The molecule has 0 bridgehead atoms. The summed E-state index contributed by atoms with van der Waals surface area (Å²) in [6.45, 7) is 0. The van der Waals surface area contributed by atoms with E-state index in [0.29, 0.717) is 0 Å². The van der Waals surface area contributed by atoms with Gasteiger partial charge in [-0.3, -0.25) is 0 Å². The monoisotopic (exact) mass is 240 g/mol. The van der Waals surface area contributed by atoms with Gasteiger partial charge in [0.05, 0.1) is 5.56 Å². The van der Waals surface area contributed by atoms with Crippen LogP contribution in [0, 0.1) is 11.6 Å². The van der Waals surface area contributed by atoms with E-state index in [4.69, 9.17) is 0 Å². The van der Waals surface area contributed by atoms with Crippen LogP contribution in [-0.4, -0.2) is 0 Å². The number of hydrogen-bond acceptors (Lipinski definition) is 0. The molecule has 0 aliphatic heterocycles. The maximum Gasteiger partial charge on any atom is 0.264 e. The summed E-state index contributed by atoms with van der Waals surface area (Å²) in [6.07, 6.45) is -2.77. The van der Waals surface area contributed by atoms with Gasteiger partial charge in [-0.05, 0) is 17.7 Å². The zero-order chi connectivity index (χ0) is 12.4. The first-order valence-corrected chi connectivity index (χ1v) is 4.92. The quantitative estimate of drug-likeness (QED) is 0.674. The zero-order valence-corrected chi connectivity index (χ0v) is 8.63. The van der Waals surface area contributed by atoms with Gasteiger partial charge in [0.1, 0.15) is 11.6 Å². The van der Waals surface area contributed by atoms with Gasteiger partial charge in [-0.15, -0.1) is 0 Å². The van der Waals surface area contributed by atoms with Crippen LogP contribution in [0.5, 0.6) is 0 Å². The van der Waals surface area contributed by atoms with E-state index in [1.807, 2.05) is 0 Å². The lowest BCUT2D eigenvalue weighted by Gasteiger charge is -2.10. The van der Waals surface area contributed by atoms with E-state index in [2.05, 4.69) is 0 Å². The average molecular weight is 240 g/mol. The topological polar surface area (TPSA) is 0 Å². The Labute approximate surface area is 95.5 Å². The summed E-state index contributed by atoms with van der Waals surface area (Å²) in [7, 11) is 0. The second-order valence-electron chi connectivity index (χ2n) is 3.48. The summed E-state index contributed by atoms with van der Waals surface area (Å²) in [5, 5.41) is 0. The predicted octanol–water partition coefficient (Wildman–Crippen LogP) is 4.57. The highest BCUT2D eigenvalue weighted by Gasteiger charge is 2.18. The van der Waals surface area contributed by atoms with E-state index in [0.717, 1.165) is 18.2 Å². The van der Waals surface area contributed by atoms with Crippen molar-refractivity contribution in [2.45, 2.75) is 6.43 Å². The van der Waals surface area contributed by atoms with Crippen molar-refractivity contribution in [1.29, 1.82) is 0 Å². The molecule has 0 nitrogen and oxygen atoms in total. The van der Waals surface area contributed by atoms with E-state index >= 15 is 0 Å². The summed E-state index contributed by atoms with van der Waals surface area (Å²) in [6, 6.07) is 8.59. The van der Waals surface area contributed by atoms with Crippen LogP contribution in [0.25, 0.3) is 11.1 Å². The zero-order valence-electron chi connectivity index (χ0n) is 8.63. The standard InChI is InChI=1S/C13H8F4/c14-10-6-3-7-11(15)12(10)8-4-1-2-5-9(8)13(16)17/h1-7,13H. The molecule has 0 atom stereocenters. The van der Waals surface area contributed by atoms with E-state index < -0.39 is 23.6 Å². The minimum absolute atomic E-state index is 0.113. The summed E-state index contributed by atoms with van der Waals surface area (Å²) in [5.41, 5.74) is -0.905. The summed E-state index contributed by atoms with van der Waals surface area (Å²) < 4.78 is 52.5. The van der Waals surface area contributed by atoms with Crippen molar-refractivity contribution in [1.82, 2.24) is 0 Å². The van der Waals surface area contributed by atoms with Gasteiger partial charge >= 0.3 is 0 Å². The lowest BCUT2D eigenvalue weighted by atomic mass is 9.99. The molecule has 0 N–H and O–H groups in total. The van der Waals surface area contributed by atoms with Gasteiger partial charge in [0.2, 0.25) is 0 Å². The Morgan fingerprint density at radius 2 is 1.35 bits per heavy atom. The molecule has 0 spiro atoms. The third kappa shape index (κ3) is 2.16. The molecule has 0 aromatic heterocycles. The van der Waals surface area contributed by atoms with E-state index in [-0.39, 0.29) is 11.1 Å². The largest absolute Gasteiger partial charge is 0.264 e.